The Labute approximate surface area is 157 Å². The molecular weight excluding hydrogens is 356 g/mol. The van der Waals surface area contributed by atoms with Crippen molar-refractivity contribution in [3.05, 3.63) is 70.7 Å². The maximum absolute atomic E-state index is 12.1. The van der Waals surface area contributed by atoms with Crippen LogP contribution in [0.2, 0.25) is 5.02 Å². The van der Waals surface area contributed by atoms with Gasteiger partial charge in [0.1, 0.15) is 0 Å². The molecular formula is C19H21ClN2O2S. The highest BCUT2D eigenvalue weighted by atomic mass is 35.5. The first-order valence-electron chi connectivity index (χ1n) is 7.86. The van der Waals surface area contributed by atoms with Crippen LogP contribution in [0.3, 0.4) is 0 Å². The van der Waals surface area contributed by atoms with E-state index < -0.39 is 0 Å². The first-order chi connectivity index (χ1) is 12.0. The van der Waals surface area contributed by atoms with Crippen molar-refractivity contribution in [2.24, 2.45) is 0 Å². The van der Waals surface area contributed by atoms with Gasteiger partial charge in [-0.2, -0.15) is 0 Å². The normalized spacial score (nSPS) is 11.6. The number of nitrogens with one attached hydrogen (secondary N) is 1. The van der Waals surface area contributed by atoms with Crippen LogP contribution in [0.5, 0.6) is 0 Å². The Kier molecular flexibility index (Phi) is 7.34. The summed E-state index contributed by atoms with van der Waals surface area (Å²) in [7, 11) is 3.32. The number of hydrogen-bond acceptors (Lipinski definition) is 3. The Morgan fingerprint density at radius 3 is 2.24 bits per heavy atom. The highest BCUT2D eigenvalue weighted by molar-refractivity contribution is 8.00. The summed E-state index contributed by atoms with van der Waals surface area (Å²) in [6.07, 6.45) is 0. The summed E-state index contributed by atoms with van der Waals surface area (Å²) in [5, 5.41) is 3.36. The zero-order valence-electron chi connectivity index (χ0n) is 14.2. The van der Waals surface area contributed by atoms with Gasteiger partial charge in [-0.3, -0.25) is 9.59 Å². The molecule has 4 nitrogen and oxygen atoms in total. The number of thioether (sulfide) groups is 1. The average molecular weight is 377 g/mol. The molecule has 1 N–H and O–H groups in total. The lowest BCUT2D eigenvalue weighted by molar-refractivity contribution is -0.130. The number of benzene rings is 2. The van der Waals surface area contributed by atoms with Gasteiger partial charge in [0.2, 0.25) is 11.8 Å². The molecule has 2 amide bonds. The number of nitrogens with zero attached hydrogens (tertiary/aromatic N) is 1. The summed E-state index contributed by atoms with van der Waals surface area (Å²) in [6.45, 7) is 0.0172. The predicted octanol–water partition coefficient (Wildman–Crippen LogP) is 3.37. The van der Waals surface area contributed by atoms with E-state index in [2.05, 4.69) is 5.32 Å². The zero-order chi connectivity index (χ0) is 18.2. The van der Waals surface area contributed by atoms with Crippen molar-refractivity contribution in [1.29, 1.82) is 0 Å². The van der Waals surface area contributed by atoms with Crippen molar-refractivity contribution in [2.45, 2.75) is 5.25 Å². The van der Waals surface area contributed by atoms with Gasteiger partial charge in [0.05, 0.1) is 17.5 Å². The van der Waals surface area contributed by atoms with Crippen LogP contribution in [0.25, 0.3) is 0 Å². The molecule has 2 aromatic carbocycles. The molecule has 0 fully saturated rings. The van der Waals surface area contributed by atoms with Crippen LogP contribution < -0.4 is 5.32 Å². The number of halogens is 1. The minimum absolute atomic E-state index is 0.0172. The molecule has 0 aliphatic rings. The third-order valence-corrected chi connectivity index (χ3v) is 5.15. The summed E-state index contributed by atoms with van der Waals surface area (Å²) in [5.41, 5.74) is 2.20. The highest BCUT2D eigenvalue weighted by Crippen LogP contribution is 2.35. The van der Waals surface area contributed by atoms with E-state index in [0.717, 1.165) is 11.1 Å². The zero-order valence-corrected chi connectivity index (χ0v) is 15.8. The molecule has 6 heteroatoms. The lowest BCUT2D eigenvalue weighted by Crippen LogP contribution is -2.37. The van der Waals surface area contributed by atoms with E-state index in [1.54, 1.807) is 14.1 Å². The Morgan fingerprint density at radius 2 is 1.64 bits per heavy atom. The number of amides is 2. The summed E-state index contributed by atoms with van der Waals surface area (Å²) in [5.74, 6) is -0.0196. The standard InChI is InChI=1S/C19H21ClN2O2S/c1-22(2)18(24)12-21-17(23)13-25-19(14-6-4-3-5-7-14)15-8-10-16(20)11-9-15/h3-11,19H,12-13H2,1-2H3,(H,21,23)/t19-/m1/s1. The number of likely N-dealkylation sites (N-methyl/N-ethyl adjacent to an activating group) is 1. The molecule has 2 aromatic rings. The SMILES string of the molecule is CN(C)C(=O)CNC(=O)CS[C@H](c1ccccc1)c1ccc(Cl)cc1. The Bertz CT molecular complexity index is 705. The van der Waals surface area contributed by atoms with E-state index in [-0.39, 0.29) is 29.4 Å². The molecule has 0 unspecified atom stereocenters. The summed E-state index contributed by atoms with van der Waals surface area (Å²) in [6, 6.07) is 17.7. The lowest BCUT2D eigenvalue weighted by atomic mass is 10.0. The summed E-state index contributed by atoms with van der Waals surface area (Å²) in [4.78, 5) is 25.1. The van der Waals surface area contributed by atoms with Gasteiger partial charge in [0.25, 0.3) is 0 Å². The Morgan fingerprint density at radius 1 is 1.04 bits per heavy atom. The van der Waals surface area contributed by atoms with Gasteiger partial charge < -0.3 is 10.2 Å². The molecule has 0 heterocycles. The van der Waals surface area contributed by atoms with Crippen molar-refractivity contribution in [3.8, 4) is 0 Å². The second-order valence-electron chi connectivity index (χ2n) is 5.72. The average Bonchev–Trinajstić information content (AvgIpc) is 2.62. The van der Waals surface area contributed by atoms with Gasteiger partial charge in [-0.1, -0.05) is 54.1 Å². The molecule has 0 bridgehead atoms. The quantitative estimate of drug-likeness (QED) is 0.806. The molecule has 0 saturated carbocycles. The van der Waals surface area contributed by atoms with Gasteiger partial charge in [0, 0.05) is 19.1 Å². The van der Waals surface area contributed by atoms with Crippen LogP contribution in [-0.2, 0) is 9.59 Å². The summed E-state index contributed by atoms with van der Waals surface area (Å²) >= 11 is 7.50. The van der Waals surface area contributed by atoms with E-state index >= 15 is 0 Å². The molecule has 2 rings (SSSR count). The fourth-order valence-electron chi connectivity index (χ4n) is 2.19. The molecule has 0 aliphatic carbocycles. The number of hydrogen-bond donors (Lipinski definition) is 1. The predicted molar refractivity (Wildman–Crippen MR) is 104 cm³/mol. The molecule has 132 valence electrons. The van der Waals surface area contributed by atoms with Gasteiger partial charge in [-0.15, -0.1) is 11.8 Å². The number of rotatable bonds is 7. The van der Waals surface area contributed by atoms with Crippen molar-refractivity contribution in [1.82, 2.24) is 10.2 Å². The largest absolute Gasteiger partial charge is 0.347 e. The van der Waals surface area contributed by atoms with E-state index in [4.69, 9.17) is 11.6 Å². The van der Waals surface area contributed by atoms with Crippen LogP contribution in [0.15, 0.2) is 54.6 Å². The minimum Gasteiger partial charge on any atom is -0.347 e. The van der Waals surface area contributed by atoms with E-state index in [0.29, 0.717) is 5.02 Å². The minimum atomic E-state index is -0.157. The molecule has 0 aromatic heterocycles. The molecule has 1 atom stereocenters. The van der Waals surface area contributed by atoms with Crippen LogP contribution in [-0.4, -0.2) is 43.1 Å². The maximum atomic E-state index is 12.1. The fraction of sp³-hybridized carbons (Fsp3) is 0.263. The van der Waals surface area contributed by atoms with E-state index in [1.807, 2.05) is 54.6 Å². The van der Waals surface area contributed by atoms with Crippen molar-refractivity contribution >= 4 is 35.2 Å². The van der Waals surface area contributed by atoms with Crippen molar-refractivity contribution in [2.75, 3.05) is 26.4 Å². The molecule has 25 heavy (non-hydrogen) atoms. The van der Waals surface area contributed by atoms with Crippen LogP contribution in [0.1, 0.15) is 16.4 Å². The number of carbonyl (C=O) groups is 2. The first kappa shape index (κ1) is 19.3. The van der Waals surface area contributed by atoms with E-state index in [1.165, 1.54) is 16.7 Å². The fourth-order valence-corrected chi connectivity index (χ4v) is 3.44. The van der Waals surface area contributed by atoms with Crippen molar-refractivity contribution < 1.29 is 9.59 Å². The Hall–Kier alpha value is -1.98. The van der Waals surface area contributed by atoms with E-state index in [9.17, 15) is 9.59 Å². The van der Waals surface area contributed by atoms with Gasteiger partial charge >= 0.3 is 0 Å². The summed E-state index contributed by atoms with van der Waals surface area (Å²) < 4.78 is 0. The first-order valence-corrected chi connectivity index (χ1v) is 9.29. The molecule has 0 saturated heterocycles. The van der Waals surface area contributed by atoms with Gasteiger partial charge in [0.15, 0.2) is 0 Å². The topological polar surface area (TPSA) is 49.4 Å². The molecule has 0 radical (unpaired) electrons. The molecule has 0 aliphatic heterocycles. The monoisotopic (exact) mass is 376 g/mol. The second kappa shape index (κ2) is 9.49. The van der Waals surface area contributed by atoms with Crippen LogP contribution in [0.4, 0.5) is 0 Å². The molecule has 0 spiro atoms. The highest BCUT2D eigenvalue weighted by Gasteiger charge is 2.17. The van der Waals surface area contributed by atoms with Crippen LogP contribution >= 0.6 is 23.4 Å². The number of carbonyl (C=O) groups excluding carboxylic acids is 2. The van der Waals surface area contributed by atoms with Gasteiger partial charge in [-0.05, 0) is 23.3 Å². The van der Waals surface area contributed by atoms with Crippen LogP contribution in [0, 0.1) is 0 Å². The smallest absolute Gasteiger partial charge is 0.241 e. The Balaban J connectivity index is 2.03. The third kappa shape index (κ3) is 6.11. The lowest BCUT2D eigenvalue weighted by Gasteiger charge is -2.18. The third-order valence-electron chi connectivity index (χ3n) is 3.59. The van der Waals surface area contributed by atoms with Crippen molar-refractivity contribution in [3.63, 3.8) is 0 Å². The second-order valence-corrected chi connectivity index (χ2v) is 7.25. The maximum Gasteiger partial charge on any atom is 0.241 e. The van der Waals surface area contributed by atoms with Gasteiger partial charge in [-0.25, -0.2) is 0 Å².